The first-order valence-electron chi connectivity index (χ1n) is 27.5. The fraction of sp³-hybridized carbons (Fsp3) is 0.381. The zero-order chi connectivity index (χ0) is 63.0. The number of alkyl carbamates (subject to hydrolysis) is 5. The largest absolute Gasteiger partial charge is 1.00 e. The van der Waals surface area contributed by atoms with Crippen LogP contribution in [0.3, 0.4) is 0 Å². The summed E-state index contributed by atoms with van der Waals surface area (Å²) < 4.78 is 37.9. The number of amides is 5. The Morgan fingerprint density at radius 2 is 0.851 bits per heavy atom. The molecule has 0 aliphatic rings. The Labute approximate surface area is 508 Å². The van der Waals surface area contributed by atoms with Gasteiger partial charge in [-0.05, 0) is 161 Å². The summed E-state index contributed by atoms with van der Waals surface area (Å²) >= 11 is 0. The Balaban J connectivity index is 0.000000461. The van der Waals surface area contributed by atoms with Gasteiger partial charge in [0.15, 0.2) is 17.3 Å². The number of carbonyl (C=O) groups excluding carboxylic acids is 5. The zero-order valence-corrected chi connectivity index (χ0v) is 50.2. The number of carbonyl (C=O) groups is 5. The topological polar surface area (TPSA) is 335 Å². The lowest BCUT2D eigenvalue weighted by Crippen LogP contribution is -2.47. The van der Waals surface area contributed by atoms with E-state index < -0.39 is 77.2 Å². The molecule has 7 rings (SSSR count). The van der Waals surface area contributed by atoms with Gasteiger partial charge in [0.2, 0.25) is 23.7 Å². The van der Waals surface area contributed by atoms with E-state index in [1.54, 1.807) is 168 Å². The lowest BCUT2D eigenvalue weighted by molar-refractivity contribution is 0.0521. The third-order valence-corrected chi connectivity index (χ3v) is 11.2. The molecular weight excluding hydrogens is 1120 g/mol. The van der Waals surface area contributed by atoms with E-state index in [-0.39, 0.29) is 47.0 Å². The molecule has 2 aromatic heterocycles. The number of aliphatic hydroxyl groups is 2. The maximum absolute atomic E-state index is 12.8. The number of oxazole rings is 2. The maximum Gasteiger partial charge on any atom is 0.414 e. The lowest BCUT2D eigenvalue weighted by atomic mass is 10.0. The molecule has 0 bridgehead atoms. The average Bonchev–Trinajstić information content (AvgIpc) is 3.60. The van der Waals surface area contributed by atoms with Crippen molar-refractivity contribution >= 4 is 76.0 Å². The molecular formula is C63H82N10O14-2. The van der Waals surface area contributed by atoms with Crippen LogP contribution in [0.1, 0.15) is 134 Å². The summed E-state index contributed by atoms with van der Waals surface area (Å²) in [4.78, 5) is 79.7. The molecule has 470 valence electrons. The van der Waals surface area contributed by atoms with E-state index in [1.807, 2.05) is 42.5 Å². The van der Waals surface area contributed by atoms with Crippen molar-refractivity contribution in [2.45, 2.75) is 157 Å². The quantitative estimate of drug-likeness (QED) is 0.0302. The number of guanidine groups is 2. The van der Waals surface area contributed by atoms with Crippen LogP contribution in [-0.2, 0) is 43.1 Å². The molecule has 2 heterocycles. The third-order valence-electron chi connectivity index (χ3n) is 11.2. The molecule has 2 unspecified atom stereocenters. The molecule has 4 atom stereocenters. The number of para-hydroxylation sites is 4. The third kappa shape index (κ3) is 23.9. The molecule has 0 spiro atoms. The van der Waals surface area contributed by atoms with E-state index >= 15 is 0 Å². The number of ether oxygens (including phenoxy) is 5. The van der Waals surface area contributed by atoms with Gasteiger partial charge in [0.1, 0.15) is 46.1 Å². The van der Waals surface area contributed by atoms with Crippen molar-refractivity contribution < 1.29 is 69.6 Å². The predicted molar refractivity (Wildman–Crippen MR) is 330 cm³/mol. The highest BCUT2D eigenvalue weighted by atomic mass is 16.6. The molecule has 5 aromatic carbocycles. The zero-order valence-electron chi connectivity index (χ0n) is 52.2. The smallest absolute Gasteiger partial charge is 0.414 e. The van der Waals surface area contributed by atoms with Crippen LogP contribution >= 0.6 is 0 Å². The molecule has 87 heavy (non-hydrogen) atoms. The Morgan fingerprint density at radius 1 is 0.494 bits per heavy atom. The number of rotatable bonds is 13. The molecule has 5 amide bonds. The second kappa shape index (κ2) is 30.1. The first kappa shape index (κ1) is 68.4. The minimum atomic E-state index is -1.32. The van der Waals surface area contributed by atoms with Crippen molar-refractivity contribution in [3.8, 4) is 0 Å². The van der Waals surface area contributed by atoms with Crippen LogP contribution in [0.15, 0.2) is 146 Å². The second-order valence-electron chi connectivity index (χ2n) is 23.6. The summed E-state index contributed by atoms with van der Waals surface area (Å²) in [6.07, 6.45) is -5.88. The summed E-state index contributed by atoms with van der Waals surface area (Å²) in [5.74, 6) is -0.175. The lowest BCUT2D eigenvalue weighted by Gasteiger charge is -2.22. The normalized spacial score (nSPS) is 12.9. The minimum absolute atomic E-state index is 0. The standard InChI is InChI=1S/C35H41N5O8.C27H35N5O6.CH4.2H/c1-34(2,3)47-32(43)39-30(40-33(44)48-35(4,5)6)36-24-18-16-22(17-19-24)20-26(38-31(42)45-21-23-12-8-7-9-13-23)28(41)29-37-25-14-10-11-15-27(25)46-29;1-26(2,3)37-24(34)31-23(32-25(35)38-27(4,5)6)29-17-13-11-16(12-14-17)15-18(28)21(33)22-30-19-9-7-8-10-20(19)36-22;;;/h7-19,26,28,41H,20-21H2,1-6H3,(H,38,42)(H2,36,39,40,43,44);7-14,18,21,33H,15,28H2,1-6H3,(H2,29,31,32,34,35);1H4;;/q;;;2*-1/t26-,28?;18-,21?;;;/m00.../s1. The van der Waals surface area contributed by atoms with Crippen molar-refractivity contribution in [1.82, 2.24) is 36.6 Å². The van der Waals surface area contributed by atoms with E-state index in [1.165, 1.54) is 0 Å². The van der Waals surface area contributed by atoms with Crippen molar-refractivity contribution in [2.75, 3.05) is 0 Å². The Morgan fingerprint density at radius 3 is 1.23 bits per heavy atom. The summed E-state index contributed by atoms with van der Waals surface area (Å²) in [7, 11) is 0. The van der Waals surface area contributed by atoms with Crippen LogP contribution in [-0.4, -0.2) is 97.1 Å². The number of hydrogen-bond acceptors (Lipinski definition) is 19. The van der Waals surface area contributed by atoms with E-state index in [0.717, 1.165) is 11.1 Å². The fourth-order valence-electron chi connectivity index (χ4n) is 7.63. The number of aliphatic hydroxyl groups excluding tert-OH is 2. The Hall–Kier alpha value is -9.39. The van der Waals surface area contributed by atoms with Gasteiger partial charge in [-0.3, -0.25) is 21.3 Å². The number of hydrogen-bond donors (Lipinski definition) is 8. The molecule has 7 aromatic rings. The summed E-state index contributed by atoms with van der Waals surface area (Å²) in [5.41, 5.74) is 8.59. The number of aromatic nitrogens is 2. The van der Waals surface area contributed by atoms with Crippen LogP contribution in [0.5, 0.6) is 0 Å². The Kier molecular flexibility index (Phi) is 23.7. The van der Waals surface area contributed by atoms with Gasteiger partial charge in [-0.15, -0.1) is 0 Å². The average molecular weight is 1200 g/mol. The van der Waals surface area contributed by atoms with Gasteiger partial charge in [0, 0.05) is 6.04 Å². The highest BCUT2D eigenvalue weighted by molar-refractivity contribution is 6.03. The van der Waals surface area contributed by atoms with Gasteiger partial charge < -0.3 is 56.6 Å². The highest BCUT2D eigenvalue weighted by Crippen LogP contribution is 2.27. The number of fused-ring (bicyclic) bond motifs is 2. The van der Waals surface area contributed by atoms with E-state index in [0.29, 0.717) is 45.6 Å². The van der Waals surface area contributed by atoms with Crippen LogP contribution in [0.2, 0.25) is 0 Å². The van der Waals surface area contributed by atoms with E-state index in [9.17, 15) is 34.2 Å². The van der Waals surface area contributed by atoms with Gasteiger partial charge >= 0.3 is 30.5 Å². The number of nitrogens with zero attached hydrogens (tertiary/aromatic N) is 4. The number of benzene rings is 5. The molecule has 0 fully saturated rings. The molecule has 0 aliphatic carbocycles. The summed E-state index contributed by atoms with van der Waals surface area (Å²) in [6.45, 7) is 20.6. The van der Waals surface area contributed by atoms with Crippen molar-refractivity contribution in [1.29, 1.82) is 0 Å². The molecule has 0 saturated carbocycles. The maximum atomic E-state index is 12.8. The number of aliphatic imine (C=N–C) groups is 2. The number of nitrogens with one attached hydrogen (secondary N) is 5. The summed E-state index contributed by atoms with van der Waals surface area (Å²) in [5, 5.41) is 34.5. The predicted octanol–water partition coefficient (Wildman–Crippen LogP) is 11.8. The monoisotopic (exact) mass is 1200 g/mol. The van der Waals surface area contributed by atoms with Crippen molar-refractivity contribution in [3.05, 3.63) is 156 Å². The molecule has 0 radical (unpaired) electrons. The van der Waals surface area contributed by atoms with Gasteiger partial charge in [-0.2, -0.15) is 0 Å². The molecule has 0 saturated heterocycles. The van der Waals surface area contributed by atoms with Gasteiger partial charge in [-0.25, -0.2) is 43.9 Å². The number of nitrogens with two attached hydrogens (primary N) is 1. The van der Waals surface area contributed by atoms with Crippen LogP contribution in [0, 0.1) is 0 Å². The van der Waals surface area contributed by atoms with E-state index in [4.69, 9.17) is 38.3 Å². The fourth-order valence-corrected chi connectivity index (χ4v) is 7.63. The first-order valence-corrected chi connectivity index (χ1v) is 27.5. The minimum Gasteiger partial charge on any atom is -1.00 e. The molecule has 0 aliphatic heterocycles. The Bertz CT molecular complexity index is 3350. The molecule has 9 N–H and O–H groups in total. The highest BCUT2D eigenvalue weighted by Gasteiger charge is 2.30. The van der Waals surface area contributed by atoms with Crippen LogP contribution in [0.4, 0.5) is 35.3 Å². The molecule has 24 heteroatoms. The summed E-state index contributed by atoms with van der Waals surface area (Å²) in [6, 6.07) is 35.6. The van der Waals surface area contributed by atoms with Crippen LogP contribution in [0.25, 0.3) is 22.2 Å². The van der Waals surface area contributed by atoms with Gasteiger partial charge in [0.25, 0.3) is 0 Å². The second-order valence-corrected chi connectivity index (χ2v) is 23.6. The van der Waals surface area contributed by atoms with Crippen molar-refractivity contribution in [3.63, 3.8) is 0 Å². The van der Waals surface area contributed by atoms with E-state index in [2.05, 4.69) is 46.5 Å². The SMILES string of the molecule is C.CC(C)(C)OC(=O)NC(=Nc1ccc(C[C@H](N)C(O)c2nc3ccccc3o2)cc1)NC(=O)OC(C)(C)C.CC(C)(C)OC(=O)NC(=Nc1ccc(C[C@H](NC(=O)OCc2ccccc2)C(O)c2nc3ccccc3o2)cc1)NC(=O)OC(C)(C)C.[H-].[H-]. The van der Waals surface area contributed by atoms with Gasteiger partial charge in [0.05, 0.1) is 17.4 Å². The van der Waals surface area contributed by atoms with Crippen LogP contribution < -0.4 is 32.3 Å². The van der Waals surface area contributed by atoms with Gasteiger partial charge in [-0.1, -0.05) is 86.3 Å². The molecule has 24 nitrogen and oxygen atoms in total. The first-order chi connectivity index (χ1) is 40.3. The van der Waals surface area contributed by atoms with Crippen molar-refractivity contribution in [2.24, 2.45) is 15.7 Å².